The van der Waals surface area contributed by atoms with Crippen LogP contribution in [0.15, 0.2) is 59.3 Å². The zero-order chi connectivity index (χ0) is 18.7. The van der Waals surface area contributed by atoms with Gasteiger partial charge in [0.2, 0.25) is 0 Å². The average molecular weight is 378 g/mol. The topological polar surface area (TPSA) is 73.9 Å². The van der Waals surface area contributed by atoms with Crippen LogP contribution in [0, 0.1) is 5.82 Å². The summed E-state index contributed by atoms with van der Waals surface area (Å²) in [6.07, 6.45) is -1.41. The molecule has 1 aliphatic rings. The van der Waals surface area contributed by atoms with Gasteiger partial charge in [-0.2, -0.15) is 0 Å². The summed E-state index contributed by atoms with van der Waals surface area (Å²) < 4.78 is 28.8. The smallest absolute Gasteiger partial charge is 0.355 e. The van der Waals surface area contributed by atoms with E-state index >= 15 is 0 Å². The molecule has 2 aromatic rings. The molecule has 0 amide bonds. The fourth-order valence-electron chi connectivity index (χ4n) is 2.24. The number of nitrogens with one attached hydrogen (secondary N) is 1. The molecule has 26 heavy (non-hydrogen) atoms. The highest BCUT2D eigenvalue weighted by atomic mass is 35.5. The van der Waals surface area contributed by atoms with E-state index in [0.29, 0.717) is 11.4 Å². The molecule has 1 aliphatic heterocycles. The van der Waals surface area contributed by atoms with Crippen LogP contribution in [0.3, 0.4) is 0 Å². The number of rotatable bonds is 5. The molecule has 1 atom stereocenters. The van der Waals surface area contributed by atoms with E-state index in [-0.39, 0.29) is 16.3 Å². The second kappa shape index (κ2) is 7.45. The third kappa shape index (κ3) is 3.62. The van der Waals surface area contributed by atoms with Gasteiger partial charge in [-0.05, 0) is 36.4 Å². The number of cyclic esters (lactones) is 1. The Morgan fingerprint density at radius 2 is 1.88 bits per heavy atom. The minimum absolute atomic E-state index is 0.0477. The van der Waals surface area contributed by atoms with Crippen LogP contribution in [0.25, 0.3) is 0 Å². The second-order valence-electron chi connectivity index (χ2n) is 5.20. The van der Waals surface area contributed by atoms with Gasteiger partial charge in [0.05, 0.1) is 12.7 Å². The van der Waals surface area contributed by atoms with Crippen molar-refractivity contribution >= 4 is 29.2 Å². The molecule has 1 heterocycles. The Labute approximate surface area is 153 Å². The normalized spacial score (nSPS) is 16.3. The number of carbonyl (C=O) groups excluding carboxylic acids is 2. The molecular weight excluding hydrogens is 365 g/mol. The highest BCUT2D eigenvalue weighted by Gasteiger charge is 2.37. The molecule has 0 fully saturated rings. The molecule has 6 nitrogen and oxygen atoms in total. The van der Waals surface area contributed by atoms with Gasteiger partial charge in [-0.25, -0.2) is 14.0 Å². The number of ether oxygens (including phenoxy) is 3. The highest BCUT2D eigenvalue weighted by molar-refractivity contribution is 6.42. The van der Waals surface area contributed by atoms with Gasteiger partial charge < -0.3 is 19.5 Å². The first-order chi connectivity index (χ1) is 12.5. The number of benzene rings is 2. The van der Waals surface area contributed by atoms with Gasteiger partial charge in [0.15, 0.2) is 5.03 Å². The van der Waals surface area contributed by atoms with E-state index in [4.69, 9.17) is 25.8 Å². The molecule has 1 N–H and O–H groups in total. The average Bonchev–Trinajstić information content (AvgIpc) is 2.90. The Morgan fingerprint density at radius 3 is 2.54 bits per heavy atom. The number of esters is 2. The van der Waals surface area contributed by atoms with Crippen LogP contribution in [0.1, 0.15) is 10.4 Å². The first kappa shape index (κ1) is 17.8. The van der Waals surface area contributed by atoms with Crippen molar-refractivity contribution in [2.45, 2.75) is 6.29 Å². The maximum atomic E-state index is 13.7. The number of carbonyl (C=O) groups is 2. The van der Waals surface area contributed by atoms with E-state index < -0.39 is 24.0 Å². The maximum absolute atomic E-state index is 13.7. The third-order valence-corrected chi connectivity index (χ3v) is 3.90. The van der Waals surface area contributed by atoms with Gasteiger partial charge in [-0.1, -0.05) is 23.7 Å². The Bertz CT molecular complexity index is 881. The van der Waals surface area contributed by atoms with Gasteiger partial charge in [0.25, 0.3) is 6.29 Å². The predicted molar refractivity (Wildman–Crippen MR) is 91.2 cm³/mol. The SMILES string of the molecule is COc1ccc(NC2=C(Cl)C(=O)O[C@@H]2OC(=O)c2ccccc2F)cc1. The Balaban J connectivity index is 1.79. The van der Waals surface area contributed by atoms with Crippen molar-refractivity contribution in [1.29, 1.82) is 0 Å². The van der Waals surface area contributed by atoms with Crippen molar-refractivity contribution in [3.8, 4) is 5.75 Å². The van der Waals surface area contributed by atoms with Gasteiger partial charge in [0.1, 0.15) is 17.3 Å². The van der Waals surface area contributed by atoms with Gasteiger partial charge in [0, 0.05) is 5.69 Å². The van der Waals surface area contributed by atoms with Gasteiger partial charge in [-0.15, -0.1) is 0 Å². The van der Waals surface area contributed by atoms with Crippen molar-refractivity contribution in [2.24, 2.45) is 0 Å². The predicted octanol–water partition coefficient (Wildman–Crippen LogP) is 3.44. The lowest BCUT2D eigenvalue weighted by Crippen LogP contribution is -2.24. The van der Waals surface area contributed by atoms with Crippen LogP contribution < -0.4 is 10.1 Å². The molecule has 0 aromatic heterocycles. The summed E-state index contributed by atoms with van der Waals surface area (Å²) in [7, 11) is 1.53. The zero-order valence-electron chi connectivity index (χ0n) is 13.5. The second-order valence-corrected chi connectivity index (χ2v) is 5.58. The monoisotopic (exact) mass is 377 g/mol. The lowest BCUT2D eigenvalue weighted by Gasteiger charge is -2.16. The minimum atomic E-state index is -1.41. The number of methoxy groups -OCH3 is 1. The Morgan fingerprint density at radius 1 is 1.19 bits per heavy atom. The van der Waals surface area contributed by atoms with Crippen LogP contribution in [0.5, 0.6) is 5.75 Å². The Hall–Kier alpha value is -3.06. The molecule has 0 saturated heterocycles. The summed E-state index contributed by atoms with van der Waals surface area (Å²) in [6, 6.07) is 12.0. The van der Waals surface area contributed by atoms with E-state index in [1.54, 1.807) is 24.3 Å². The number of hydrogen-bond donors (Lipinski definition) is 1. The standard InChI is InChI=1S/C18H13ClFNO5/c1-24-11-8-6-10(7-9-11)21-15-14(19)17(23)26-18(15)25-16(22)12-4-2-3-5-13(12)20/h2-9,18,21H,1H3/t18-/m0/s1. The lowest BCUT2D eigenvalue weighted by atomic mass is 10.2. The van der Waals surface area contributed by atoms with Crippen molar-refractivity contribution in [3.05, 3.63) is 70.6 Å². The fraction of sp³-hybridized carbons (Fsp3) is 0.111. The van der Waals surface area contributed by atoms with Crippen molar-refractivity contribution in [2.75, 3.05) is 12.4 Å². The molecule has 134 valence electrons. The summed E-state index contributed by atoms with van der Waals surface area (Å²) in [6.45, 7) is 0. The molecule has 0 bridgehead atoms. The van der Waals surface area contributed by atoms with Crippen LogP contribution >= 0.6 is 11.6 Å². The summed E-state index contributed by atoms with van der Waals surface area (Å²) in [4.78, 5) is 23.9. The minimum Gasteiger partial charge on any atom is -0.497 e. The van der Waals surface area contributed by atoms with E-state index in [1.807, 2.05) is 0 Å². The summed E-state index contributed by atoms with van der Waals surface area (Å²) >= 11 is 5.95. The van der Waals surface area contributed by atoms with Gasteiger partial charge >= 0.3 is 11.9 Å². The van der Waals surface area contributed by atoms with Crippen molar-refractivity contribution < 1.29 is 28.2 Å². The van der Waals surface area contributed by atoms with E-state index in [1.165, 1.54) is 25.3 Å². The van der Waals surface area contributed by atoms with Crippen LogP contribution in [0.4, 0.5) is 10.1 Å². The molecule has 0 unspecified atom stereocenters. The molecule has 0 aliphatic carbocycles. The quantitative estimate of drug-likeness (QED) is 0.805. The number of halogens is 2. The molecule has 8 heteroatoms. The van der Waals surface area contributed by atoms with Crippen molar-refractivity contribution in [1.82, 2.24) is 0 Å². The van der Waals surface area contributed by atoms with Crippen molar-refractivity contribution in [3.63, 3.8) is 0 Å². The van der Waals surface area contributed by atoms with E-state index in [0.717, 1.165) is 6.07 Å². The largest absolute Gasteiger partial charge is 0.497 e. The third-order valence-electron chi connectivity index (χ3n) is 3.54. The summed E-state index contributed by atoms with van der Waals surface area (Å²) in [5, 5.41) is 2.61. The molecule has 2 aromatic carbocycles. The molecule has 0 radical (unpaired) electrons. The van der Waals surface area contributed by atoms with Gasteiger partial charge in [-0.3, -0.25) is 0 Å². The molecule has 0 saturated carbocycles. The lowest BCUT2D eigenvalue weighted by molar-refractivity contribution is -0.152. The number of anilines is 1. The van der Waals surface area contributed by atoms with Crippen LogP contribution in [-0.2, 0) is 14.3 Å². The summed E-state index contributed by atoms with van der Waals surface area (Å²) in [5.41, 5.74) is 0.325. The molecular formula is C18H13ClFNO5. The van der Waals surface area contributed by atoms with E-state index in [9.17, 15) is 14.0 Å². The van der Waals surface area contributed by atoms with Crippen LogP contribution in [0.2, 0.25) is 0 Å². The van der Waals surface area contributed by atoms with Crippen LogP contribution in [-0.4, -0.2) is 25.3 Å². The summed E-state index contributed by atoms with van der Waals surface area (Å²) in [5.74, 6) is -1.95. The highest BCUT2D eigenvalue weighted by Crippen LogP contribution is 2.29. The molecule has 3 rings (SSSR count). The molecule has 0 spiro atoms. The number of hydrogen-bond acceptors (Lipinski definition) is 6. The maximum Gasteiger partial charge on any atom is 0.355 e. The van der Waals surface area contributed by atoms with E-state index in [2.05, 4.69) is 5.32 Å². The first-order valence-electron chi connectivity index (χ1n) is 7.47. The zero-order valence-corrected chi connectivity index (χ0v) is 14.2. The fourth-order valence-corrected chi connectivity index (χ4v) is 2.42. The Kier molecular flexibility index (Phi) is 5.09. The first-order valence-corrected chi connectivity index (χ1v) is 7.84.